The number of benzene rings is 1. The summed E-state index contributed by atoms with van der Waals surface area (Å²) < 4.78 is 1.84. The van der Waals surface area contributed by atoms with Crippen LogP contribution in [0.4, 0.5) is 5.95 Å². The molecule has 0 bridgehead atoms. The van der Waals surface area contributed by atoms with Crippen molar-refractivity contribution in [3.05, 3.63) is 53.0 Å². The standard InChI is InChI=1S/C19H20N6O/c1-11-10-17-20-12(2)14(13(3)25(17)24-11)8-9-18(26)23-19-21-15-6-4-5-7-16(15)22-19/h4-7,10H,8-9H2,1-3H3,(H2,21,22,23,26). The minimum atomic E-state index is -0.0837. The van der Waals surface area contributed by atoms with Crippen LogP contribution in [0.1, 0.15) is 29.1 Å². The van der Waals surface area contributed by atoms with Gasteiger partial charge in [-0.1, -0.05) is 12.1 Å². The SMILES string of the molecule is Cc1cc2nc(C)c(CCC(=O)Nc3nc4ccccc4[nH]3)c(C)n2n1. The molecule has 0 aliphatic carbocycles. The maximum absolute atomic E-state index is 12.3. The Morgan fingerprint density at radius 3 is 2.81 bits per heavy atom. The summed E-state index contributed by atoms with van der Waals surface area (Å²) in [4.78, 5) is 24.4. The van der Waals surface area contributed by atoms with E-state index in [1.54, 1.807) is 0 Å². The molecule has 0 fully saturated rings. The number of hydrogen-bond donors (Lipinski definition) is 2. The minimum absolute atomic E-state index is 0.0837. The lowest BCUT2D eigenvalue weighted by molar-refractivity contribution is -0.116. The molecular weight excluding hydrogens is 328 g/mol. The van der Waals surface area contributed by atoms with Crippen LogP contribution in [-0.4, -0.2) is 30.5 Å². The molecule has 0 saturated carbocycles. The lowest BCUT2D eigenvalue weighted by Crippen LogP contribution is -2.15. The van der Waals surface area contributed by atoms with Gasteiger partial charge < -0.3 is 4.98 Å². The third-order valence-electron chi connectivity index (χ3n) is 4.54. The van der Waals surface area contributed by atoms with Gasteiger partial charge in [0.15, 0.2) is 5.65 Å². The molecule has 1 amide bonds. The zero-order chi connectivity index (χ0) is 18.3. The van der Waals surface area contributed by atoms with Crippen LogP contribution >= 0.6 is 0 Å². The van der Waals surface area contributed by atoms with Gasteiger partial charge in [0.25, 0.3) is 0 Å². The van der Waals surface area contributed by atoms with Crippen molar-refractivity contribution in [2.24, 2.45) is 0 Å². The molecule has 2 N–H and O–H groups in total. The first-order chi connectivity index (χ1) is 12.5. The fraction of sp³-hybridized carbons (Fsp3) is 0.263. The highest BCUT2D eigenvalue weighted by atomic mass is 16.1. The molecule has 1 aromatic carbocycles. The van der Waals surface area contributed by atoms with Gasteiger partial charge in [-0.15, -0.1) is 0 Å². The number of aromatic nitrogens is 5. The molecule has 132 valence electrons. The van der Waals surface area contributed by atoms with Gasteiger partial charge in [0.1, 0.15) is 0 Å². The Balaban J connectivity index is 1.49. The van der Waals surface area contributed by atoms with Gasteiger partial charge in [-0.25, -0.2) is 14.5 Å². The van der Waals surface area contributed by atoms with Gasteiger partial charge in [-0.05, 0) is 44.9 Å². The number of fused-ring (bicyclic) bond motifs is 2. The second-order valence-electron chi connectivity index (χ2n) is 6.47. The molecule has 0 atom stereocenters. The second-order valence-corrected chi connectivity index (χ2v) is 6.47. The highest BCUT2D eigenvalue weighted by molar-refractivity contribution is 5.91. The second kappa shape index (κ2) is 6.25. The van der Waals surface area contributed by atoms with Crippen molar-refractivity contribution in [3.63, 3.8) is 0 Å². The zero-order valence-electron chi connectivity index (χ0n) is 15.0. The molecule has 4 rings (SSSR count). The molecule has 0 saturated heterocycles. The Kier molecular flexibility index (Phi) is 3.91. The van der Waals surface area contributed by atoms with E-state index in [0.717, 1.165) is 39.3 Å². The number of nitrogens with one attached hydrogen (secondary N) is 2. The number of anilines is 1. The van der Waals surface area contributed by atoms with Gasteiger partial charge >= 0.3 is 0 Å². The van der Waals surface area contributed by atoms with Crippen molar-refractivity contribution in [3.8, 4) is 0 Å². The van der Waals surface area contributed by atoms with Crippen LogP contribution < -0.4 is 5.32 Å². The van der Waals surface area contributed by atoms with Gasteiger partial charge in [-0.3, -0.25) is 10.1 Å². The molecular formula is C19H20N6O. The normalized spacial score (nSPS) is 11.3. The van der Waals surface area contributed by atoms with E-state index in [0.29, 0.717) is 18.8 Å². The number of carbonyl (C=O) groups is 1. The summed E-state index contributed by atoms with van der Waals surface area (Å²) in [5.41, 5.74) is 6.52. The molecule has 0 spiro atoms. The van der Waals surface area contributed by atoms with Gasteiger partial charge in [-0.2, -0.15) is 5.10 Å². The van der Waals surface area contributed by atoms with E-state index in [1.807, 2.05) is 55.6 Å². The quantitative estimate of drug-likeness (QED) is 0.593. The molecule has 0 aliphatic rings. The maximum atomic E-state index is 12.3. The third kappa shape index (κ3) is 2.92. The Labute approximate surface area is 150 Å². The number of rotatable bonds is 4. The minimum Gasteiger partial charge on any atom is -0.324 e. The largest absolute Gasteiger partial charge is 0.324 e. The van der Waals surface area contributed by atoms with Crippen LogP contribution in [0.3, 0.4) is 0 Å². The van der Waals surface area contributed by atoms with Crippen LogP contribution in [0, 0.1) is 20.8 Å². The Morgan fingerprint density at radius 1 is 1.19 bits per heavy atom. The molecule has 26 heavy (non-hydrogen) atoms. The van der Waals surface area contributed by atoms with Crippen LogP contribution in [0.25, 0.3) is 16.7 Å². The van der Waals surface area contributed by atoms with E-state index in [2.05, 4.69) is 25.4 Å². The van der Waals surface area contributed by atoms with E-state index in [4.69, 9.17) is 0 Å². The molecule has 0 radical (unpaired) electrons. The van der Waals surface area contributed by atoms with Crippen LogP contribution in [-0.2, 0) is 11.2 Å². The average Bonchev–Trinajstić information content (AvgIpc) is 3.16. The number of para-hydroxylation sites is 2. The van der Waals surface area contributed by atoms with Gasteiger partial charge in [0, 0.05) is 23.9 Å². The number of imidazole rings is 1. The molecule has 3 aromatic heterocycles. The molecule has 3 heterocycles. The molecule has 0 unspecified atom stereocenters. The van der Waals surface area contributed by atoms with Crippen molar-refractivity contribution < 1.29 is 4.79 Å². The van der Waals surface area contributed by atoms with Gasteiger partial charge in [0.2, 0.25) is 11.9 Å². The van der Waals surface area contributed by atoms with Crippen molar-refractivity contribution in [1.29, 1.82) is 0 Å². The molecule has 7 heteroatoms. The van der Waals surface area contributed by atoms with E-state index in [9.17, 15) is 4.79 Å². The lowest BCUT2D eigenvalue weighted by Gasteiger charge is -2.10. The molecule has 4 aromatic rings. The zero-order valence-corrected chi connectivity index (χ0v) is 15.0. The van der Waals surface area contributed by atoms with E-state index in [1.165, 1.54) is 0 Å². The number of nitrogens with zero attached hydrogens (tertiary/aromatic N) is 4. The number of H-pyrrole nitrogens is 1. The lowest BCUT2D eigenvalue weighted by atomic mass is 10.1. The highest BCUT2D eigenvalue weighted by Gasteiger charge is 2.13. The Bertz CT molecular complexity index is 1090. The van der Waals surface area contributed by atoms with Crippen LogP contribution in [0.15, 0.2) is 30.3 Å². The summed E-state index contributed by atoms with van der Waals surface area (Å²) >= 11 is 0. The van der Waals surface area contributed by atoms with Crippen molar-refractivity contribution in [2.45, 2.75) is 33.6 Å². The van der Waals surface area contributed by atoms with Crippen molar-refractivity contribution >= 4 is 28.5 Å². The predicted molar refractivity (Wildman–Crippen MR) is 100 cm³/mol. The van der Waals surface area contributed by atoms with E-state index < -0.39 is 0 Å². The summed E-state index contributed by atoms with van der Waals surface area (Å²) in [6.45, 7) is 5.94. The summed E-state index contributed by atoms with van der Waals surface area (Å²) in [5, 5.41) is 7.31. The fourth-order valence-electron chi connectivity index (χ4n) is 3.25. The summed E-state index contributed by atoms with van der Waals surface area (Å²) in [6, 6.07) is 9.63. The first-order valence-electron chi connectivity index (χ1n) is 8.58. The van der Waals surface area contributed by atoms with Crippen LogP contribution in [0.5, 0.6) is 0 Å². The fourth-order valence-corrected chi connectivity index (χ4v) is 3.25. The number of hydrogen-bond acceptors (Lipinski definition) is 4. The third-order valence-corrected chi connectivity index (χ3v) is 4.54. The Morgan fingerprint density at radius 2 is 2.00 bits per heavy atom. The average molecular weight is 348 g/mol. The highest BCUT2D eigenvalue weighted by Crippen LogP contribution is 2.18. The number of aryl methyl sites for hydroxylation is 3. The van der Waals surface area contributed by atoms with Crippen molar-refractivity contribution in [1.82, 2.24) is 24.6 Å². The van der Waals surface area contributed by atoms with Gasteiger partial charge in [0.05, 0.1) is 16.7 Å². The predicted octanol–water partition coefficient (Wildman–Crippen LogP) is 3.10. The first-order valence-corrected chi connectivity index (χ1v) is 8.58. The number of amides is 1. The number of aromatic amines is 1. The smallest absolute Gasteiger partial charge is 0.227 e. The van der Waals surface area contributed by atoms with Crippen LogP contribution in [0.2, 0.25) is 0 Å². The Hall–Kier alpha value is -3.22. The maximum Gasteiger partial charge on any atom is 0.227 e. The topological polar surface area (TPSA) is 88.0 Å². The first kappa shape index (κ1) is 16.3. The monoisotopic (exact) mass is 348 g/mol. The molecule has 0 aliphatic heterocycles. The molecule has 7 nitrogen and oxygen atoms in total. The van der Waals surface area contributed by atoms with E-state index in [-0.39, 0.29) is 5.91 Å². The van der Waals surface area contributed by atoms with Crippen molar-refractivity contribution in [2.75, 3.05) is 5.32 Å². The summed E-state index contributed by atoms with van der Waals surface area (Å²) in [5.74, 6) is 0.389. The van der Waals surface area contributed by atoms with E-state index >= 15 is 0 Å². The summed E-state index contributed by atoms with van der Waals surface area (Å²) in [6.07, 6.45) is 0.956. The number of carbonyl (C=O) groups excluding carboxylic acids is 1. The summed E-state index contributed by atoms with van der Waals surface area (Å²) in [7, 11) is 0.